The van der Waals surface area contributed by atoms with Gasteiger partial charge in [0.05, 0.1) is 6.04 Å². The van der Waals surface area contributed by atoms with Gasteiger partial charge in [0.25, 0.3) is 0 Å². The summed E-state index contributed by atoms with van der Waals surface area (Å²) in [6.45, 7) is 5.15. The molecule has 1 aliphatic rings. The average Bonchev–Trinajstić information content (AvgIpc) is 2.52. The van der Waals surface area contributed by atoms with Gasteiger partial charge in [-0.1, -0.05) is 46.0 Å². The van der Waals surface area contributed by atoms with Gasteiger partial charge in [-0.3, -0.25) is 4.79 Å². The normalized spacial score (nSPS) is 20.4. The zero-order valence-electron chi connectivity index (χ0n) is 11.8. The maximum absolute atomic E-state index is 11.8. The van der Waals surface area contributed by atoms with E-state index in [2.05, 4.69) is 19.2 Å². The summed E-state index contributed by atoms with van der Waals surface area (Å²) in [4.78, 5) is 11.8. The van der Waals surface area contributed by atoms with Gasteiger partial charge >= 0.3 is 0 Å². The van der Waals surface area contributed by atoms with Crippen LogP contribution in [0.25, 0.3) is 0 Å². The molecule has 4 heteroatoms. The predicted octanol–water partition coefficient (Wildman–Crippen LogP) is 3.01. The lowest BCUT2D eigenvalue weighted by molar-refractivity contribution is -0.123. The van der Waals surface area contributed by atoms with E-state index < -0.39 is 0 Å². The summed E-state index contributed by atoms with van der Waals surface area (Å²) in [5.74, 6) is 0.0253. The van der Waals surface area contributed by atoms with E-state index in [1.54, 1.807) is 0 Å². The molecule has 0 aliphatic heterocycles. The molecule has 0 aromatic carbocycles. The van der Waals surface area contributed by atoms with Crippen molar-refractivity contribution in [2.24, 2.45) is 11.1 Å². The minimum absolute atomic E-state index is 0. The number of nitrogens with two attached hydrogens (primary N) is 1. The fourth-order valence-electron chi connectivity index (χ4n) is 2.63. The Kier molecular flexibility index (Phi) is 8.62. The van der Waals surface area contributed by atoms with Gasteiger partial charge in [-0.2, -0.15) is 0 Å². The van der Waals surface area contributed by atoms with Gasteiger partial charge in [0.15, 0.2) is 0 Å². The van der Waals surface area contributed by atoms with Gasteiger partial charge in [-0.05, 0) is 24.7 Å². The van der Waals surface area contributed by atoms with Crippen LogP contribution in [0.2, 0.25) is 0 Å². The summed E-state index contributed by atoms with van der Waals surface area (Å²) in [6, 6.07) is -0.325. The van der Waals surface area contributed by atoms with Crippen molar-refractivity contribution in [3.8, 4) is 0 Å². The first-order valence-electron chi connectivity index (χ1n) is 7.11. The van der Waals surface area contributed by atoms with Crippen LogP contribution in [-0.2, 0) is 4.79 Å². The maximum Gasteiger partial charge on any atom is 0.236 e. The fourth-order valence-corrected chi connectivity index (χ4v) is 2.63. The molecule has 1 saturated carbocycles. The molecule has 0 heterocycles. The quantitative estimate of drug-likeness (QED) is 0.759. The van der Waals surface area contributed by atoms with Gasteiger partial charge < -0.3 is 11.1 Å². The van der Waals surface area contributed by atoms with Crippen LogP contribution in [0, 0.1) is 5.41 Å². The molecule has 1 amide bonds. The van der Waals surface area contributed by atoms with Gasteiger partial charge in [-0.15, -0.1) is 12.4 Å². The number of hydrogen-bond acceptors (Lipinski definition) is 2. The van der Waals surface area contributed by atoms with E-state index in [-0.39, 0.29) is 29.8 Å². The second-order valence-corrected chi connectivity index (χ2v) is 5.84. The molecule has 0 aromatic rings. The van der Waals surface area contributed by atoms with E-state index in [4.69, 9.17) is 5.73 Å². The average molecular weight is 277 g/mol. The van der Waals surface area contributed by atoms with Crippen molar-refractivity contribution >= 4 is 18.3 Å². The van der Waals surface area contributed by atoms with Crippen LogP contribution in [0.3, 0.4) is 0 Å². The zero-order chi connectivity index (χ0) is 12.7. The van der Waals surface area contributed by atoms with E-state index in [9.17, 15) is 4.79 Å². The monoisotopic (exact) mass is 276 g/mol. The highest BCUT2D eigenvalue weighted by Gasteiger charge is 2.26. The molecule has 1 atom stereocenters. The van der Waals surface area contributed by atoms with Gasteiger partial charge in [0, 0.05) is 6.54 Å². The van der Waals surface area contributed by atoms with E-state index in [1.165, 1.54) is 38.5 Å². The number of carbonyl (C=O) groups is 1. The standard InChI is InChI=1S/C14H28N2O.ClH/c1-3-8-12(15)13(17)16-11-14(2)9-6-4-5-7-10-14;/h12H,3-11,15H2,1-2H3,(H,16,17);1H. The van der Waals surface area contributed by atoms with Crippen LogP contribution < -0.4 is 11.1 Å². The fraction of sp³-hybridized carbons (Fsp3) is 0.929. The third-order valence-electron chi connectivity index (χ3n) is 3.94. The van der Waals surface area contributed by atoms with Crippen molar-refractivity contribution in [1.82, 2.24) is 5.32 Å². The number of hydrogen-bond donors (Lipinski definition) is 2. The summed E-state index contributed by atoms with van der Waals surface area (Å²) in [5, 5.41) is 3.04. The van der Waals surface area contributed by atoms with E-state index in [0.717, 1.165) is 19.4 Å². The molecule has 0 bridgehead atoms. The first kappa shape index (κ1) is 17.7. The second-order valence-electron chi connectivity index (χ2n) is 5.84. The van der Waals surface area contributed by atoms with Crippen molar-refractivity contribution in [2.75, 3.05) is 6.54 Å². The number of carbonyl (C=O) groups excluding carboxylic acids is 1. The van der Waals surface area contributed by atoms with E-state index >= 15 is 0 Å². The molecule has 1 unspecified atom stereocenters. The number of nitrogens with one attached hydrogen (secondary N) is 1. The summed E-state index contributed by atoms with van der Waals surface area (Å²) in [5.41, 5.74) is 6.10. The minimum Gasteiger partial charge on any atom is -0.354 e. The highest BCUT2D eigenvalue weighted by atomic mass is 35.5. The summed E-state index contributed by atoms with van der Waals surface area (Å²) in [7, 11) is 0. The largest absolute Gasteiger partial charge is 0.354 e. The first-order chi connectivity index (χ1) is 8.07. The molecule has 0 spiro atoms. The number of halogens is 1. The molecule has 0 radical (unpaired) electrons. The highest BCUT2D eigenvalue weighted by molar-refractivity contribution is 5.85. The molecule has 18 heavy (non-hydrogen) atoms. The smallest absolute Gasteiger partial charge is 0.236 e. The molecule has 0 aromatic heterocycles. The number of amides is 1. The Hall–Kier alpha value is -0.280. The Bertz CT molecular complexity index is 238. The van der Waals surface area contributed by atoms with Crippen LogP contribution in [0.4, 0.5) is 0 Å². The summed E-state index contributed by atoms with van der Waals surface area (Å²) < 4.78 is 0. The molecule has 1 aliphatic carbocycles. The van der Waals surface area contributed by atoms with Crippen LogP contribution >= 0.6 is 12.4 Å². The molecule has 3 N–H and O–H groups in total. The molecular weight excluding hydrogens is 248 g/mol. The SMILES string of the molecule is CCCC(N)C(=O)NCC1(C)CCCCCC1.Cl. The zero-order valence-corrected chi connectivity index (χ0v) is 12.7. The lowest BCUT2D eigenvalue weighted by Crippen LogP contribution is -2.44. The lowest BCUT2D eigenvalue weighted by Gasteiger charge is -2.28. The Morgan fingerprint density at radius 2 is 1.83 bits per heavy atom. The molecular formula is C14H29ClN2O. The molecule has 3 nitrogen and oxygen atoms in total. The Balaban J connectivity index is 0.00000289. The van der Waals surface area contributed by atoms with E-state index in [1.807, 2.05) is 0 Å². The van der Waals surface area contributed by atoms with Crippen molar-refractivity contribution in [3.05, 3.63) is 0 Å². The van der Waals surface area contributed by atoms with Crippen LogP contribution in [0.15, 0.2) is 0 Å². The summed E-state index contributed by atoms with van der Waals surface area (Å²) in [6.07, 6.45) is 9.50. The maximum atomic E-state index is 11.8. The Morgan fingerprint density at radius 3 is 2.33 bits per heavy atom. The third kappa shape index (κ3) is 6.05. The van der Waals surface area contributed by atoms with E-state index in [0.29, 0.717) is 0 Å². The van der Waals surface area contributed by atoms with Crippen molar-refractivity contribution < 1.29 is 4.79 Å². The molecule has 108 valence electrons. The van der Waals surface area contributed by atoms with Crippen molar-refractivity contribution in [2.45, 2.75) is 71.3 Å². The Labute approximate surface area is 118 Å². The van der Waals surface area contributed by atoms with Crippen LogP contribution in [-0.4, -0.2) is 18.5 Å². The molecule has 1 fully saturated rings. The van der Waals surface area contributed by atoms with Crippen molar-refractivity contribution in [1.29, 1.82) is 0 Å². The van der Waals surface area contributed by atoms with Gasteiger partial charge in [0.1, 0.15) is 0 Å². The lowest BCUT2D eigenvalue weighted by atomic mass is 9.82. The first-order valence-corrected chi connectivity index (χ1v) is 7.11. The second kappa shape index (κ2) is 8.76. The highest BCUT2D eigenvalue weighted by Crippen LogP contribution is 2.33. The van der Waals surface area contributed by atoms with Gasteiger partial charge in [-0.25, -0.2) is 0 Å². The molecule has 1 rings (SSSR count). The van der Waals surface area contributed by atoms with Crippen LogP contribution in [0.5, 0.6) is 0 Å². The Morgan fingerprint density at radius 1 is 1.28 bits per heavy atom. The van der Waals surface area contributed by atoms with Crippen molar-refractivity contribution in [3.63, 3.8) is 0 Å². The summed E-state index contributed by atoms with van der Waals surface area (Å²) >= 11 is 0. The molecule has 0 saturated heterocycles. The topological polar surface area (TPSA) is 55.1 Å². The van der Waals surface area contributed by atoms with Crippen LogP contribution in [0.1, 0.15) is 65.2 Å². The third-order valence-corrected chi connectivity index (χ3v) is 3.94. The predicted molar refractivity (Wildman–Crippen MR) is 79.0 cm³/mol. The number of rotatable bonds is 5. The van der Waals surface area contributed by atoms with Gasteiger partial charge in [0.2, 0.25) is 5.91 Å². The minimum atomic E-state index is -0.325.